The number of hydrogen-bond acceptors (Lipinski definition) is 4. The summed E-state index contributed by atoms with van der Waals surface area (Å²) >= 11 is 5.93. The fraction of sp³-hybridized carbons (Fsp3) is 0.300. The highest BCUT2D eigenvalue weighted by molar-refractivity contribution is 6.30. The molecule has 0 spiro atoms. The van der Waals surface area contributed by atoms with E-state index < -0.39 is 0 Å². The van der Waals surface area contributed by atoms with Crippen molar-refractivity contribution in [3.8, 4) is 5.69 Å². The van der Waals surface area contributed by atoms with Gasteiger partial charge < -0.3 is 5.73 Å². The Hall–Kier alpha value is -1.62. The Morgan fingerprint density at radius 2 is 2.12 bits per heavy atom. The summed E-state index contributed by atoms with van der Waals surface area (Å²) in [6.07, 6.45) is 0. The lowest BCUT2D eigenvalue weighted by atomic mass is 10.2. The van der Waals surface area contributed by atoms with Gasteiger partial charge >= 0.3 is 0 Å². The lowest BCUT2D eigenvalue weighted by Crippen LogP contribution is -2.07. The van der Waals surface area contributed by atoms with Gasteiger partial charge in [0.15, 0.2) is 5.82 Å². The predicted molar refractivity (Wildman–Crippen MR) is 62.7 cm³/mol. The molecule has 0 atom stereocenters. The third kappa shape index (κ3) is 1.86. The maximum Gasteiger partial charge on any atom is 0.159 e. The van der Waals surface area contributed by atoms with Gasteiger partial charge in [-0.05, 0) is 28.6 Å². The van der Waals surface area contributed by atoms with Gasteiger partial charge in [-0.2, -0.15) is 4.68 Å². The van der Waals surface area contributed by atoms with Gasteiger partial charge in [0.05, 0.1) is 11.4 Å². The molecule has 0 amide bonds. The molecule has 0 aliphatic rings. The van der Waals surface area contributed by atoms with Crippen LogP contribution in [0.1, 0.15) is 25.6 Å². The van der Waals surface area contributed by atoms with Crippen molar-refractivity contribution < 1.29 is 0 Å². The van der Waals surface area contributed by atoms with Gasteiger partial charge in [-0.15, -0.1) is 5.10 Å². The molecule has 0 radical (unpaired) electrons. The number of nitrogens with zero attached hydrogens (tertiary/aromatic N) is 4. The Balaban J connectivity index is 2.58. The minimum Gasteiger partial charge on any atom is -0.397 e. The SMILES string of the molecule is CC(C)c1nnnn1-c1cc(Cl)ccc1N. The largest absolute Gasteiger partial charge is 0.397 e. The monoisotopic (exact) mass is 237 g/mol. The van der Waals surface area contributed by atoms with Crippen molar-refractivity contribution in [3.05, 3.63) is 29.0 Å². The normalized spacial score (nSPS) is 11.0. The topological polar surface area (TPSA) is 69.6 Å². The first-order valence-electron chi connectivity index (χ1n) is 4.93. The molecule has 6 heteroatoms. The smallest absolute Gasteiger partial charge is 0.159 e. The summed E-state index contributed by atoms with van der Waals surface area (Å²) < 4.78 is 1.62. The molecular formula is C10H12ClN5. The Kier molecular flexibility index (Phi) is 2.78. The number of benzene rings is 1. The van der Waals surface area contributed by atoms with Crippen LogP contribution >= 0.6 is 11.6 Å². The van der Waals surface area contributed by atoms with Crippen LogP contribution in [0.5, 0.6) is 0 Å². The average Bonchev–Trinajstić information content (AvgIpc) is 2.70. The fourth-order valence-corrected chi connectivity index (χ4v) is 1.59. The predicted octanol–water partition coefficient (Wildman–Crippen LogP) is 2.02. The summed E-state index contributed by atoms with van der Waals surface area (Å²) in [5.74, 6) is 0.974. The molecule has 0 aliphatic carbocycles. The Morgan fingerprint density at radius 3 is 2.81 bits per heavy atom. The van der Waals surface area contributed by atoms with Crippen LogP contribution in [-0.4, -0.2) is 20.2 Å². The quantitative estimate of drug-likeness (QED) is 0.812. The van der Waals surface area contributed by atoms with Gasteiger partial charge in [0.1, 0.15) is 0 Å². The van der Waals surface area contributed by atoms with Crippen LogP contribution in [-0.2, 0) is 0 Å². The Bertz CT molecular complexity index is 506. The lowest BCUT2D eigenvalue weighted by Gasteiger charge is -2.09. The highest BCUT2D eigenvalue weighted by Gasteiger charge is 2.13. The molecule has 0 fully saturated rings. The van der Waals surface area contributed by atoms with Crippen LogP contribution in [0.4, 0.5) is 5.69 Å². The van der Waals surface area contributed by atoms with Gasteiger partial charge in [-0.25, -0.2) is 0 Å². The van der Waals surface area contributed by atoms with E-state index in [9.17, 15) is 0 Å². The second-order valence-corrected chi connectivity index (χ2v) is 4.24. The minimum atomic E-state index is 0.216. The summed E-state index contributed by atoms with van der Waals surface area (Å²) in [7, 11) is 0. The number of anilines is 1. The molecular weight excluding hydrogens is 226 g/mol. The van der Waals surface area contributed by atoms with Crippen molar-refractivity contribution in [2.75, 3.05) is 5.73 Å². The van der Waals surface area contributed by atoms with E-state index in [1.807, 2.05) is 13.8 Å². The van der Waals surface area contributed by atoms with Gasteiger partial charge in [0.2, 0.25) is 0 Å². The van der Waals surface area contributed by atoms with E-state index in [-0.39, 0.29) is 5.92 Å². The molecule has 0 bridgehead atoms. The first kappa shape index (κ1) is 10.9. The number of rotatable bonds is 2. The number of halogens is 1. The maximum atomic E-state index is 5.93. The molecule has 1 aromatic carbocycles. The van der Waals surface area contributed by atoms with Crippen molar-refractivity contribution in [1.82, 2.24) is 20.2 Å². The van der Waals surface area contributed by atoms with Crippen LogP contribution in [0.25, 0.3) is 5.69 Å². The van der Waals surface area contributed by atoms with Crippen LogP contribution < -0.4 is 5.73 Å². The van der Waals surface area contributed by atoms with Crippen LogP contribution in [0.3, 0.4) is 0 Å². The van der Waals surface area contributed by atoms with Gasteiger partial charge in [0.25, 0.3) is 0 Å². The molecule has 0 saturated carbocycles. The fourth-order valence-electron chi connectivity index (χ4n) is 1.43. The van der Waals surface area contributed by atoms with Crippen molar-refractivity contribution in [2.45, 2.75) is 19.8 Å². The highest BCUT2D eigenvalue weighted by Crippen LogP contribution is 2.23. The molecule has 16 heavy (non-hydrogen) atoms. The van der Waals surface area contributed by atoms with E-state index in [1.165, 1.54) is 0 Å². The van der Waals surface area contributed by atoms with Crippen molar-refractivity contribution in [1.29, 1.82) is 0 Å². The van der Waals surface area contributed by atoms with E-state index in [4.69, 9.17) is 17.3 Å². The molecule has 1 heterocycles. The van der Waals surface area contributed by atoms with Gasteiger partial charge in [0, 0.05) is 10.9 Å². The molecule has 84 valence electrons. The van der Waals surface area contributed by atoms with E-state index in [2.05, 4.69) is 15.5 Å². The number of tetrazole rings is 1. The van der Waals surface area contributed by atoms with Gasteiger partial charge in [-0.3, -0.25) is 0 Å². The Morgan fingerprint density at radius 1 is 1.38 bits per heavy atom. The number of aromatic nitrogens is 4. The molecule has 0 aliphatic heterocycles. The number of nitrogens with two attached hydrogens (primary N) is 1. The second kappa shape index (κ2) is 4.09. The summed E-state index contributed by atoms with van der Waals surface area (Å²) in [4.78, 5) is 0. The standard InChI is InChI=1S/C10H12ClN5/c1-6(2)10-13-14-15-16(10)9-5-7(11)3-4-8(9)12/h3-6H,12H2,1-2H3. The third-order valence-electron chi connectivity index (χ3n) is 2.23. The molecule has 1 aromatic heterocycles. The zero-order valence-corrected chi connectivity index (χ0v) is 9.81. The molecule has 0 unspecified atom stereocenters. The summed E-state index contributed by atoms with van der Waals surface area (Å²) in [6, 6.07) is 5.22. The molecule has 0 saturated heterocycles. The summed E-state index contributed by atoms with van der Waals surface area (Å²) in [6.45, 7) is 4.03. The van der Waals surface area contributed by atoms with Crippen LogP contribution in [0.2, 0.25) is 5.02 Å². The van der Waals surface area contributed by atoms with Crippen LogP contribution in [0.15, 0.2) is 18.2 Å². The summed E-state index contributed by atoms with van der Waals surface area (Å²) in [5.41, 5.74) is 7.18. The van der Waals surface area contributed by atoms with Crippen LogP contribution in [0, 0.1) is 0 Å². The van der Waals surface area contributed by atoms with Crippen molar-refractivity contribution in [3.63, 3.8) is 0 Å². The third-order valence-corrected chi connectivity index (χ3v) is 2.47. The molecule has 2 rings (SSSR count). The summed E-state index contributed by atoms with van der Waals surface area (Å²) in [5, 5.41) is 12.2. The lowest BCUT2D eigenvalue weighted by molar-refractivity contribution is 0.711. The first-order valence-corrected chi connectivity index (χ1v) is 5.31. The number of nitrogen functional groups attached to an aromatic ring is 1. The van der Waals surface area contributed by atoms with Gasteiger partial charge in [-0.1, -0.05) is 25.4 Å². The average molecular weight is 238 g/mol. The zero-order valence-electron chi connectivity index (χ0n) is 9.05. The zero-order chi connectivity index (χ0) is 11.7. The van der Waals surface area contributed by atoms with E-state index in [1.54, 1.807) is 22.9 Å². The van der Waals surface area contributed by atoms with E-state index in [0.717, 1.165) is 5.82 Å². The first-order chi connectivity index (χ1) is 7.59. The van der Waals surface area contributed by atoms with E-state index in [0.29, 0.717) is 16.4 Å². The van der Waals surface area contributed by atoms with E-state index >= 15 is 0 Å². The van der Waals surface area contributed by atoms with Crippen molar-refractivity contribution in [2.24, 2.45) is 0 Å². The second-order valence-electron chi connectivity index (χ2n) is 3.81. The number of hydrogen-bond donors (Lipinski definition) is 1. The maximum absolute atomic E-state index is 5.93. The molecule has 5 nitrogen and oxygen atoms in total. The van der Waals surface area contributed by atoms with Crippen molar-refractivity contribution >= 4 is 17.3 Å². The highest BCUT2D eigenvalue weighted by atomic mass is 35.5. The molecule has 2 aromatic rings. The Labute approximate surface area is 98.2 Å². The molecule has 2 N–H and O–H groups in total. The minimum absolute atomic E-state index is 0.216.